The number of H-pyrrole nitrogens is 1. The van der Waals surface area contributed by atoms with Crippen molar-refractivity contribution in [3.63, 3.8) is 0 Å². The van der Waals surface area contributed by atoms with Crippen LogP contribution in [0.3, 0.4) is 0 Å². The van der Waals surface area contributed by atoms with Gasteiger partial charge in [-0.2, -0.15) is 0 Å². The number of carbonyl (C=O) groups is 1. The standard InChI is InChI=1S/C25H24F2N2O3/c1-14-8-18-17-4-2-3-5-21(17)28-24(18)25(29(14)11-16-12-32-13-16)23-19(26)9-15(10-20(23)27)6-7-22(30)31/h2-7,9-10,14,16,25,28H,8,11-13H2,1H3,(H,30,31)/b7-6+. The summed E-state index contributed by atoms with van der Waals surface area (Å²) in [6.07, 6.45) is 2.85. The minimum atomic E-state index is -1.17. The van der Waals surface area contributed by atoms with Gasteiger partial charge in [0.1, 0.15) is 11.6 Å². The number of rotatable bonds is 5. The lowest BCUT2D eigenvalue weighted by Crippen LogP contribution is -2.48. The number of aromatic nitrogens is 1. The molecule has 1 aromatic heterocycles. The first-order valence-electron chi connectivity index (χ1n) is 10.7. The molecule has 0 radical (unpaired) electrons. The number of fused-ring (bicyclic) bond motifs is 3. The zero-order valence-corrected chi connectivity index (χ0v) is 17.6. The third-order valence-electron chi connectivity index (χ3n) is 6.49. The van der Waals surface area contributed by atoms with E-state index < -0.39 is 23.6 Å². The maximum Gasteiger partial charge on any atom is 0.328 e. The Labute approximate surface area is 184 Å². The lowest BCUT2D eigenvalue weighted by atomic mass is 9.86. The third-order valence-corrected chi connectivity index (χ3v) is 6.49. The van der Waals surface area contributed by atoms with Gasteiger partial charge in [0.25, 0.3) is 0 Å². The molecule has 3 heterocycles. The fraction of sp³-hybridized carbons (Fsp3) is 0.320. The van der Waals surface area contributed by atoms with Gasteiger partial charge in [-0.3, -0.25) is 4.90 Å². The molecule has 0 amide bonds. The number of carboxylic acids is 1. The van der Waals surface area contributed by atoms with E-state index >= 15 is 8.78 Å². The van der Waals surface area contributed by atoms with Gasteiger partial charge in [-0.15, -0.1) is 0 Å². The number of ether oxygens (including phenoxy) is 1. The zero-order chi connectivity index (χ0) is 22.4. The molecule has 3 aromatic rings. The van der Waals surface area contributed by atoms with Crippen LogP contribution in [0.5, 0.6) is 0 Å². The number of nitrogens with zero attached hydrogens (tertiary/aromatic N) is 1. The highest BCUT2D eigenvalue weighted by atomic mass is 19.1. The summed E-state index contributed by atoms with van der Waals surface area (Å²) in [4.78, 5) is 16.4. The molecule has 1 fully saturated rings. The first-order valence-corrected chi connectivity index (χ1v) is 10.7. The van der Waals surface area contributed by atoms with Crippen molar-refractivity contribution in [3.05, 3.63) is 76.5 Å². The molecular weight excluding hydrogens is 414 g/mol. The van der Waals surface area contributed by atoms with Crippen molar-refractivity contribution in [3.8, 4) is 0 Å². The summed E-state index contributed by atoms with van der Waals surface area (Å²) in [7, 11) is 0. The van der Waals surface area contributed by atoms with E-state index in [9.17, 15) is 4.79 Å². The Morgan fingerprint density at radius 2 is 1.97 bits per heavy atom. The van der Waals surface area contributed by atoms with E-state index in [0.29, 0.717) is 25.7 Å². The number of hydrogen-bond acceptors (Lipinski definition) is 3. The van der Waals surface area contributed by atoms with Crippen LogP contribution >= 0.6 is 0 Å². The Kier molecular flexibility index (Phi) is 5.31. The van der Waals surface area contributed by atoms with Crippen molar-refractivity contribution in [2.24, 2.45) is 5.92 Å². The fourth-order valence-corrected chi connectivity index (χ4v) is 4.92. The molecule has 0 bridgehead atoms. The third kappa shape index (κ3) is 3.61. The summed E-state index contributed by atoms with van der Waals surface area (Å²) in [6, 6.07) is 9.80. The van der Waals surface area contributed by atoms with Gasteiger partial charge in [0.15, 0.2) is 0 Å². The number of hydrogen-bond donors (Lipinski definition) is 2. The molecule has 166 valence electrons. The molecule has 2 atom stereocenters. The second kappa shape index (κ2) is 8.15. The Morgan fingerprint density at radius 1 is 1.25 bits per heavy atom. The van der Waals surface area contributed by atoms with Crippen molar-refractivity contribution in [1.29, 1.82) is 0 Å². The van der Waals surface area contributed by atoms with Crippen LogP contribution in [0, 0.1) is 17.6 Å². The molecule has 2 aliphatic heterocycles. The normalized spacial score (nSPS) is 21.7. The van der Waals surface area contributed by atoms with Crippen molar-refractivity contribution < 1.29 is 23.4 Å². The lowest BCUT2D eigenvalue weighted by molar-refractivity contribution is -0.131. The van der Waals surface area contributed by atoms with Gasteiger partial charge < -0.3 is 14.8 Å². The maximum absolute atomic E-state index is 15.4. The molecule has 2 aliphatic rings. The highest BCUT2D eigenvalue weighted by molar-refractivity contribution is 5.86. The number of benzene rings is 2. The van der Waals surface area contributed by atoms with E-state index in [1.165, 1.54) is 18.2 Å². The summed E-state index contributed by atoms with van der Waals surface area (Å²) < 4.78 is 36.2. The largest absolute Gasteiger partial charge is 0.478 e. The second-order valence-corrected chi connectivity index (χ2v) is 8.69. The van der Waals surface area contributed by atoms with E-state index in [1.54, 1.807) is 0 Å². The summed E-state index contributed by atoms with van der Waals surface area (Å²) >= 11 is 0. The number of aromatic amines is 1. The molecule has 5 rings (SSSR count). The Morgan fingerprint density at radius 3 is 2.62 bits per heavy atom. The zero-order valence-electron chi connectivity index (χ0n) is 17.6. The van der Waals surface area contributed by atoms with Gasteiger partial charge in [-0.25, -0.2) is 13.6 Å². The van der Waals surface area contributed by atoms with Crippen LogP contribution in [0.25, 0.3) is 17.0 Å². The van der Waals surface area contributed by atoms with Crippen LogP contribution < -0.4 is 0 Å². The van der Waals surface area contributed by atoms with Crippen LogP contribution in [-0.2, 0) is 16.0 Å². The van der Waals surface area contributed by atoms with Gasteiger partial charge in [0, 0.05) is 46.7 Å². The number of carboxylic acid groups (broad SMARTS) is 1. The summed E-state index contributed by atoms with van der Waals surface area (Å²) in [5.74, 6) is -2.22. The summed E-state index contributed by atoms with van der Waals surface area (Å²) in [5, 5.41) is 9.91. The molecule has 2 aromatic carbocycles. The average molecular weight is 438 g/mol. The highest BCUT2D eigenvalue weighted by Gasteiger charge is 2.40. The first kappa shape index (κ1) is 20.8. The molecular formula is C25H24F2N2O3. The topological polar surface area (TPSA) is 65.6 Å². The second-order valence-electron chi connectivity index (χ2n) is 8.69. The maximum atomic E-state index is 15.4. The van der Waals surface area contributed by atoms with E-state index in [2.05, 4.69) is 16.8 Å². The molecule has 5 nitrogen and oxygen atoms in total. The van der Waals surface area contributed by atoms with Crippen LogP contribution in [-0.4, -0.2) is 46.8 Å². The molecule has 1 saturated heterocycles. The molecule has 0 aliphatic carbocycles. The van der Waals surface area contributed by atoms with Crippen molar-refractivity contribution in [2.75, 3.05) is 19.8 Å². The van der Waals surface area contributed by atoms with Crippen LogP contribution in [0.1, 0.15) is 35.3 Å². The van der Waals surface area contributed by atoms with Gasteiger partial charge >= 0.3 is 5.97 Å². The highest BCUT2D eigenvalue weighted by Crippen LogP contribution is 2.43. The Bertz CT molecular complexity index is 1190. The van der Waals surface area contributed by atoms with Crippen molar-refractivity contribution in [2.45, 2.75) is 25.4 Å². The summed E-state index contributed by atoms with van der Waals surface area (Å²) in [5.41, 5.74) is 3.01. The SMILES string of the molecule is CC1Cc2c([nH]c3ccccc23)C(c2c(F)cc(/C=C/C(=O)O)cc2F)N1CC1COC1. The van der Waals surface area contributed by atoms with Gasteiger partial charge in [-0.1, -0.05) is 18.2 Å². The van der Waals surface area contributed by atoms with Gasteiger partial charge in [-0.05, 0) is 48.7 Å². The van der Waals surface area contributed by atoms with E-state index in [1.807, 2.05) is 24.3 Å². The number of para-hydroxylation sites is 1. The Balaban J connectivity index is 1.66. The van der Waals surface area contributed by atoms with E-state index in [0.717, 1.165) is 34.7 Å². The van der Waals surface area contributed by atoms with Crippen LogP contribution in [0.15, 0.2) is 42.5 Å². The predicted octanol–water partition coefficient (Wildman–Crippen LogP) is 4.53. The Hall–Kier alpha value is -3.03. The van der Waals surface area contributed by atoms with Gasteiger partial charge in [0.2, 0.25) is 0 Å². The number of halogens is 2. The monoisotopic (exact) mass is 438 g/mol. The molecule has 7 heteroatoms. The van der Waals surface area contributed by atoms with Crippen molar-refractivity contribution >= 4 is 22.9 Å². The number of aliphatic carboxylic acids is 1. The lowest BCUT2D eigenvalue weighted by Gasteiger charge is -2.44. The van der Waals surface area contributed by atoms with Crippen LogP contribution in [0.4, 0.5) is 8.78 Å². The van der Waals surface area contributed by atoms with Crippen LogP contribution in [0.2, 0.25) is 0 Å². The van der Waals surface area contributed by atoms with Crippen molar-refractivity contribution in [1.82, 2.24) is 9.88 Å². The molecule has 0 saturated carbocycles. The minimum absolute atomic E-state index is 0.0166. The summed E-state index contributed by atoms with van der Waals surface area (Å²) in [6.45, 7) is 4.08. The molecule has 2 unspecified atom stereocenters. The van der Waals surface area contributed by atoms with Gasteiger partial charge in [0.05, 0.1) is 19.3 Å². The fourth-order valence-electron chi connectivity index (χ4n) is 4.92. The minimum Gasteiger partial charge on any atom is -0.478 e. The molecule has 0 spiro atoms. The van der Waals surface area contributed by atoms with E-state index in [-0.39, 0.29) is 17.2 Å². The average Bonchev–Trinajstić information content (AvgIpc) is 3.08. The smallest absolute Gasteiger partial charge is 0.328 e. The molecule has 2 N–H and O–H groups in total. The number of nitrogens with one attached hydrogen (secondary N) is 1. The van der Waals surface area contributed by atoms with E-state index in [4.69, 9.17) is 9.84 Å². The molecule has 32 heavy (non-hydrogen) atoms. The first-order chi connectivity index (χ1) is 15.4. The quantitative estimate of drug-likeness (QED) is 0.575. The predicted molar refractivity (Wildman–Crippen MR) is 117 cm³/mol.